The van der Waals surface area contributed by atoms with Crippen molar-refractivity contribution in [1.82, 2.24) is 0 Å². The fraction of sp³-hybridized carbons (Fsp3) is 0.0769. The Labute approximate surface area is 118 Å². The number of hydrogen-bond donors (Lipinski definition) is 0. The van der Waals surface area contributed by atoms with Gasteiger partial charge in [-0.05, 0) is 24.3 Å². The molecule has 0 saturated heterocycles. The average molecular weight is 305 g/mol. The maximum absolute atomic E-state index is 13.0. The first-order valence-corrected chi connectivity index (χ1v) is 5.96. The maximum Gasteiger partial charge on any atom is 0.230 e. The van der Waals surface area contributed by atoms with Crippen LogP contribution in [0.2, 0.25) is 10.0 Å². The standard InChI is InChI=1S/C13H8Cl2F2O2/c14-8-1-10(16)5-12(3-8)18-7-19-13-4-9(15)2-11(17)6-13/h1-6H,7H2. The molecule has 0 fully saturated rings. The molecule has 0 aliphatic rings. The van der Waals surface area contributed by atoms with E-state index < -0.39 is 11.6 Å². The topological polar surface area (TPSA) is 18.5 Å². The highest BCUT2D eigenvalue weighted by molar-refractivity contribution is 6.31. The molecule has 2 nitrogen and oxygen atoms in total. The molecule has 0 amide bonds. The predicted molar refractivity (Wildman–Crippen MR) is 68.9 cm³/mol. The average Bonchev–Trinajstić information content (AvgIpc) is 2.26. The first-order chi connectivity index (χ1) is 9.02. The lowest BCUT2D eigenvalue weighted by molar-refractivity contribution is 0.119. The van der Waals surface area contributed by atoms with Gasteiger partial charge in [0.15, 0.2) is 0 Å². The summed E-state index contributed by atoms with van der Waals surface area (Å²) in [6.45, 7) is -0.223. The summed E-state index contributed by atoms with van der Waals surface area (Å²) in [5.74, 6) is -0.604. The van der Waals surface area contributed by atoms with E-state index in [2.05, 4.69) is 0 Å². The van der Waals surface area contributed by atoms with E-state index in [1.54, 1.807) is 0 Å². The molecule has 2 aromatic carbocycles. The summed E-state index contributed by atoms with van der Waals surface area (Å²) in [7, 11) is 0. The largest absolute Gasteiger partial charge is 0.457 e. The van der Waals surface area contributed by atoms with Crippen molar-refractivity contribution in [1.29, 1.82) is 0 Å². The van der Waals surface area contributed by atoms with Crippen LogP contribution in [0.3, 0.4) is 0 Å². The molecule has 2 aromatic rings. The predicted octanol–water partition coefficient (Wildman–Crippen LogP) is 4.69. The molecule has 19 heavy (non-hydrogen) atoms. The Morgan fingerprint density at radius 3 is 1.53 bits per heavy atom. The van der Waals surface area contributed by atoms with Gasteiger partial charge in [0, 0.05) is 22.2 Å². The highest BCUT2D eigenvalue weighted by Gasteiger charge is 2.03. The normalized spacial score (nSPS) is 10.3. The number of rotatable bonds is 4. The van der Waals surface area contributed by atoms with Gasteiger partial charge in [0.05, 0.1) is 0 Å². The van der Waals surface area contributed by atoms with Crippen LogP contribution in [0, 0.1) is 11.6 Å². The van der Waals surface area contributed by atoms with Crippen molar-refractivity contribution in [2.75, 3.05) is 6.79 Å². The Bertz CT molecular complexity index is 499. The SMILES string of the molecule is Fc1cc(Cl)cc(OCOc2cc(F)cc(Cl)c2)c1. The lowest BCUT2D eigenvalue weighted by atomic mass is 10.3. The van der Waals surface area contributed by atoms with Gasteiger partial charge < -0.3 is 9.47 Å². The van der Waals surface area contributed by atoms with Crippen LogP contribution in [0.5, 0.6) is 11.5 Å². The van der Waals surface area contributed by atoms with Gasteiger partial charge in [-0.3, -0.25) is 0 Å². The van der Waals surface area contributed by atoms with Crippen molar-refractivity contribution >= 4 is 23.2 Å². The Kier molecular flexibility index (Phi) is 4.45. The second kappa shape index (κ2) is 6.08. The highest BCUT2D eigenvalue weighted by atomic mass is 35.5. The van der Waals surface area contributed by atoms with Crippen LogP contribution in [0.15, 0.2) is 36.4 Å². The highest BCUT2D eigenvalue weighted by Crippen LogP contribution is 2.22. The first kappa shape index (κ1) is 13.9. The summed E-state index contributed by atoms with van der Waals surface area (Å²) >= 11 is 11.3. The Hall–Kier alpha value is -1.52. The van der Waals surface area contributed by atoms with E-state index in [9.17, 15) is 8.78 Å². The van der Waals surface area contributed by atoms with Gasteiger partial charge in [-0.2, -0.15) is 0 Å². The smallest absolute Gasteiger partial charge is 0.230 e. The molecule has 2 rings (SSSR count). The molecule has 0 aliphatic heterocycles. The number of hydrogen-bond acceptors (Lipinski definition) is 2. The third kappa shape index (κ3) is 4.26. The zero-order chi connectivity index (χ0) is 13.8. The lowest BCUT2D eigenvalue weighted by Crippen LogP contribution is -2.06. The van der Waals surface area contributed by atoms with Crippen molar-refractivity contribution < 1.29 is 18.3 Å². The molecule has 100 valence electrons. The molecule has 0 atom stereocenters. The second-order valence-corrected chi connectivity index (χ2v) is 4.49. The first-order valence-electron chi connectivity index (χ1n) is 5.21. The van der Waals surface area contributed by atoms with Crippen molar-refractivity contribution in [3.63, 3.8) is 0 Å². The lowest BCUT2D eigenvalue weighted by Gasteiger charge is -2.09. The van der Waals surface area contributed by atoms with E-state index in [1.165, 1.54) is 12.1 Å². The Morgan fingerprint density at radius 2 is 1.16 bits per heavy atom. The van der Waals surface area contributed by atoms with Crippen molar-refractivity contribution in [3.05, 3.63) is 58.1 Å². The van der Waals surface area contributed by atoms with E-state index in [1.807, 2.05) is 0 Å². The summed E-state index contributed by atoms with van der Waals surface area (Å²) in [6, 6.07) is 7.50. The van der Waals surface area contributed by atoms with Crippen LogP contribution in [-0.4, -0.2) is 6.79 Å². The second-order valence-electron chi connectivity index (χ2n) is 3.62. The van der Waals surface area contributed by atoms with E-state index in [0.717, 1.165) is 24.3 Å². The third-order valence-corrected chi connectivity index (χ3v) is 2.56. The molecule has 6 heteroatoms. The van der Waals surface area contributed by atoms with Gasteiger partial charge in [-0.15, -0.1) is 0 Å². The van der Waals surface area contributed by atoms with Crippen LogP contribution in [-0.2, 0) is 0 Å². The number of ether oxygens (including phenoxy) is 2. The Morgan fingerprint density at radius 1 is 0.737 bits per heavy atom. The van der Waals surface area contributed by atoms with Crippen LogP contribution >= 0.6 is 23.2 Å². The minimum atomic E-state index is -0.517. The molecule has 0 unspecified atom stereocenters. The molecule has 0 saturated carbocycles. The van der Waals surface area contributed by atoms with Gasteiger partial charge >= 0.3 is 0 Å². The number of halogens is 4. The summed E-state index contributed by atoms with van der Waals surface area (Å²) in [6.07, 6.45) is 0. The minimum absolute atomic E-state index is 0.212. The van der Waals surface area contributed by atoms with Crippen LogP contribution in [0.4, 0.5) is 8.78 Å². The fourth-order valence-electron chi connectivity index (χ4n) is 1.39. The molecule has 0 aliphatic carbocycles. The molecule has 0 bridgehead atoms. The zero-order valence-corrected chi connectivity index (χ0v) is 11.0. The third-order valence-electron chi connectivity index (χ3n) is 2.12. The van der Waals surface area contributed by atoms with E-state index in [-0.39, 0.29) is 28.3 Å². The maximum atomic E-state index is 13.0. The summed E-state index contributed by atoms with van der Waals surface area (Å²) in [4.78, 5) is 0. The minimum Gasteiger partial charge on any atom is -0.457 e. The van der Waals surface area contributed by atoms with E-state index in [0.29, 0.717) is 0 Å². The molecule has 0 radical (unpaired) electrons. The fourth-order valence-corrected chi connectivity index (χ4v) is 1.81. The Balaban J connectivity index is 1.96. The molecular formula is C13H8Cl2F2O2. The monoisotopic (exact) mass is 304 g/mol. The van der Waals surface area contributed by atoms with Gasteiger partial charge in [-0.1, -0.05) is 23.2 Å². The summed E-state index contributed by atoms with van der Waals surface area (Å²) in [5, 5.41) is 0.424. The quantitative estimate of drug-likeness (QED) is 0.763. The van der Waals surface area contributed by atoms with E-state index >= 15 is 0 Å². The zero-order valence-electron chi connectivity index (χ0n) is 9.50. The van der Waals surface area contributed by atoms with Crippen molar-refractivity contribution in [2.24, 2.45) is 0 Å². The number of benzene rings is 2. The van der Waals surface area contributed by atoms with Gasteiger partial charge in [0.2, 0.25) is 6.79 Å². The molecule has 0 heterocycles. The van der Waals surface area contributed by atoms with E-state index in [4.69, 9.17) is 32.7 Å². The van der Waals surface area contributed by atoms with Crippen LogP contribution in [0.25, 0.3) is 0 Å². The van der Waals surface area contributed by atoms with Crippen LogP contribution < -0.4 is 9.47 Å². The van der Waals surface area contributed by atoms with Crippen molar-refractivity contribution in [2.45, 2.75) is 0 Å². The van der Waals surface area contributed by atoms with Crippen molar-refractivity contribution in [3.8, 4) is 11.5 Å². The molecule has 0 spiro atoms. The summed E-state index contributed by atoms with van der Waals surface area (Å²) in [5.41, 5.74) is 0. The van der Waals surface area contributed by atoms with Gasteiger partial charge in [-0.25, -0.2) is 8.78 Å². The molecule has 0 N–H and O–H groups in total. The molecular weight excluding hydrogens is 297 g/mol. The molecule has 0 aromatic heterocycles. The summed E-state index contributed by atoms with van der Waals surface area (Å²) < 4.78 is 36.3. The van der Waals surface area contributed by atoms with Crippen LogP contribution in [0.1, 0.15) is 0 Å². The van der Waals surface area contributed by atoms with Gasteiger partial charge in [0.1, 0.15) is 23.1 Å². The van der Waals surface area contributed by atoms with Gasteiger partial charge in [0.25, 0.3) is 0 Å².